The number of hydrogen-bond donors (Lipinski definition) is 0. The van der Waals surface area contributed by atoms with Crippen molar-refractivity contribution in [2.75, 3.05) is 0 Å². The molecule has 136 valence electrons. The summed E-state index contributed by atoms with van der Waals surface area (Å²) in [4.78, 5) is 5.52. The largest absolute Gasteiger partial charge is 0.444 e. The zero-order valence-corrected chi connectivity index (χ0v) is 15.8. The SMILES string of the molecule is C=CCn1c(SCc2coc(-c3cccs3)n2)nnc1-c1ccc(F)cc1. The van der Waals surface area contributed by atoms with E-state index in [-0.39, 0.29) is 5.82 Å². The van der Waals surface area contributed by atoms with Gasteiger partial charge < -0.3 is 4.42 Å². The summed E-state index contributed by atoms with van der Waals surface area (Å²) in [6.45, 7) is 4.36. The number of allylic oxidation sites excluding steroid dienone is 1. The van der Waals surface area contributed by atoms with E-state index in [9.17, 15) is 4.39 Å². The molecule has 0 aliphatic rings. The number of thioether (sulfide) groups is 1. The van der Waals surface area contributed by atoms with Gasteiger partial charge >= 0.3 is 0 Å². The number of rotatable bonds is 7. The Labute approximate surface area is 163 Å². The maximum Gasteiger partial charge on any atom is 0.236 e. The van der Waals surface area contributed by atoms with Crippen LogP contribution in [0.25, 0.3) is 22.2 Å². The van der Waals surface area contributed by atoms with E-state index >= 15 is 0 Å². The average molecular weight is 398 g/mol. The molecule has 0 bridgehead atoms. The Hall–Kier alpha value is -2.71. The summed E-state index contributed by atoms with van der Waals surface area (Å²) in [5.41, 5.74) is 1.64. The zero-order valence-electron chi connectivity index (χ0n) is 14.2. The fraction of sp³-hybridized carbons (Fsp3) is 0.105. The Kier molecular flexibility index (Phi) is 5.17. The number of hydrogen-bond acceptors (Lipinski definition) is 6. The van der Waals surface area contributed by atoms with Crippen LogP contribution >= 0.6 is 23.1 Å². The van der Waals surface area contributed by atoms with Crippen molar-refractivity contribution < 1.29 is 8.81 Å². The van der Waals surface area contributed by atoms with Crippen LogP contribution in [0.3, 0.4) is 0 Å². The molecule has 0 radical (unpaired) electrons. The highest BCUT2D eigenvalue weighted by atomic mass is 32.2. The molecule has 4 aromatic rings. The first-order valence-electron chi connectivity index (χ1n) is 8.15. The highest BCUT2D eigenvalue weighted by molar-refractivity contribution is 7.98. The van der Waals surface area contributed by atoms with Crippen molar-refractivity contribution in [1.82, 2.24) is 19.7 Å². The standard InChI is InChI=1S/C19H15FN4OS2/c1-2-9-24-17(13-5-7-14(20)8-6-13)22-23-19(24)27-12-15-11-25-18(21-15)16-4-3-10-26-16/h2-8,10-11H,1,9,12H2. The Morgan fingerprint density at radius 1 is 1.22 bits per heavy atom. The normalized spacial score (nSPS) is 11.0. The molecule has 0 aliphatic carbocycles. The minimum Gasteiger partial charge on any atom is -0.444 e. The van der Waals surface area contributed by atoms with E-state index < -0.39 is 0 Å². The monoisotopic (exact) mass is 398 g/mol. The lowest BCUT2D eigenvalue weighted by molar-refractivity contribution is 0.575. The summed E-state index contributed by atoms with van der Waals surface area (Å²) < 4.78 is 20.7. The van der Waals surface area contributed by atoms with E-state index in [0.29, 0.717) is 24.0 Å². The van der Waals surface area contributed by atoms with Gasteiger partial charge in [-0.05, 0) is 35.7 Å². The van der Waals surface area contributed by atoms with Crippen LogP contribution in [-0.2, 0) is 12.3 Å². The molecule has 0 N–H and O–H groups in total. The summed E-state index contributed by atoms with van der Waals surface area (Å²) in [5.74, 6) is 1.63. The van der Waals surface area contributed by atoms with Crippen molar-refractivity contribution in [2.24, 2.45) is 0 Å². The van der Waals surface area contributed by atoms with Gasteiger partial charge in [0.05, 0.1) is 10.6 Å². The van der Waals surface area contributed by atoms with Gasteiger partial charge in [-0.2, -0.15) is 0 Å². The van der Waals surface area contributed by atoms with E-state index in [1.54, 1.807) is 35.8 Å². The molecule has 4 rings (SSSR count). The Bertz CT molecular complexity index is 1040. The molecule has 3 heterocycles. The molecule has 0 spiro atoms. The van der Waals surface area contributed by atoms with E-state index in [2.05, 4.69) is 21.8 Å². The molecule has 0 atom stereocenters. The van der Waals surface area contributed by atoms with Crippen molar-refractivity contribution in [3.63, 3.8) is 0 Å². The van der Waals surface area contributed by atoms with Crippen molar-refractivity contribution >= 4 is 23.1 Å². The molecule has 0 aliphatic heterocycles. The van der Waals surface area contributed by atoms with Crippen LogP contribution in [0.4, 0.5) is 4.39 Å². The molecular formula is C19H15FN4OS2. The first-order chi connectivity index (χ1) is 13.2. The van der Waals surface area contributed by atoms with Crippen LogP contribution in [0.1, 0.15) is 5.69 Å². The molecule has 0 saturated carbocycles. The molecule has 27 heavy (non-hydrogen) atoms. The van der Waals surface area contributed by atoms with Gasteiger partial charge in [0.2, 0.25) is 5.89 Å². The summed E-state index contributed by atoms with van der Waals surface area (Å²) >= 11 is 3.11. The topological polar surface area (TPSA) is 56.7 Å². The third-order valence-electron chi connectivity index (χ3n) is 3.76. The predicted octanol–water partition coefficient (Wildman–Crippen LogP) is 5.28. The van der Waals surface area contributed by atoms with Crippen LogP contribution in [0.5, 0.6) is 0 Å². The second kappa shape index (κ2) is 7.89. The molecule has 5 nitrogen and oxygen atoms in total. The number of oxazole rings is 1. The highest BCUT2D eigenvalue weighted by Crippen LogP contribution is 2.28. The molecule has 1 aromatic carbocycles. The Balaban J connectivity index is 1.53. The highest BCUT2D eigenvalue weighted by Gasteiger charge is 2.15. The third kappa shape index (κ3) is 3.86. The van der Waals surface area contributed by atoms with E-state index in [4.69, 9.17) is 4.42 Å². The molecule has 8 heteroatoms. The van der Waals surface area contributed by atoms with Gasteiger partial charge in [0.15, 0.2) is 11.0 Å². The summed E-state index contributed by atoms with van der Waals surface area (Å²) in [6.07, 6.45) is 3.45. The van der Waals surface area contributed by atoms with Crippen LogP contribution in [-0.4, -0.2) is 19.7 Å². The van der Waals surface area contributed by atoms with Gasteiger partial charge in [-0.15, -0.1) is 28.1 Å². The molecule has 0 fully saturated rings. The molecule has 0 unspecified atom stereocenters. The lowest BCUT2D eigenvalue weighted by Crippen LogP contribution is -2.00. The van der Waals surface area contributed by atoms with Gasteiger partial charge in [-0.1, -0.05) is 23.9 Å². The fourth-order valence-electron chi connectivity index (χ4n) is 2.53. The van der Waals surface area contributed by atoms with Crippen LogP contribution in [0.15, 0.2) is 70.3 Å². The quantitative estimate of drug-likeness (QED) is 0.313. The van der Waals surface area contributed by atoms with Crippen LogP contribution in [0.2, 0.25) is 0 Å². The van der Waals surface area contributed by atoms with E-state index in [1.165, 1.54) is 23.9 Å². The summed E-state index contributed by atoms with van der Waals surface area (Å²) in [6, 6.07) is 10.2. The van der Waals surface area contributed by atoms with Gasteiger partial charge in [0.1, 0.15) is 12.1 Å². The Morgan fingerprint density at radius 2 is 2.07 bits per heavy atom. The average Bonchev–Trinajstić information content (AvgIpc) is 3.42. The second-order valence-electron chi connectivity index (χ2n) is 5.62. The number of benzene rings is 1. The molecular weight excluding hydrogens is 383 g/mol. The minimum atomic E-state index is -0.282. The van der Waals surface area contributed by atoms with Crippen molar-refractivity contribution in [3.8, 4) is 22.2 Å². The fourth-order valence-corrected chi connectivity index (χ4v) is 4.01. The zero-order chi connectivity index (χ0) is 18.6. The lowest BCUT2D eigenvalue weighted by atomic mass is 10.2. The maximum absolute atomic E-state index is 13.2. The van der Waals surface area contributed by atoms with Gasteiger partial charge in [0, 0.05) is 17.9 Å². The molecule has 0 saturated heterocycles. The number of halogens is 1. The minimum absolute atomic E-state index is 0.282. The number of thiophene rings is 1. The molecule has 3 aromatic heterocycles. The first kappa shape index (κ1) is 17.7. The predicted molar refractivity (Wildman–Crippen MR) is 105 cm³/mol. The number of nitrogens with zero attached hydrogens (tertiary/aromatic N) is 4. The second-order valence-corrected chi connectivity index (χ2v) is 7.51. The van der Waals surface area contributed by atoms with Gasteiger partial charge in [0.25, 0.3) is 0 Å². The molecule has 0 amide bonds. The van der Waals surface area contributed by atoms with E-state index in [1.807, 2.05) is 22.1 Å². The van der Waals surface area contributed by atoms with Crippen LogP contribution in [0, 0.1) is 5.82 Å². The van der Waals surface area contributed by atoms with Gasteiger partial charge in [-0.25, -0.2) is 9.37 Å². The van der Waals surface area contributed by atoms with Crippen molar-refractivity contribution in [1.29, 1.82) is 0 Å². The van der Waals surface area contributed by atoms with E-state index in [0.717, 1.165) is 21.3 Å². The summed E-state index contributed by atoms with van der Waals surface area (Å²) in [5, 5.41) is 11.3. The van der Waals surface area contributed by atoms with Gasteiger partial charge in [-0.3, -0.25) is 4.57 Å². The van der Waals surface area contributed by atoms with Crippen LogP contribution < -0.4 is 0 Å². The summed E-state index contributed by atoms with van der Waals surface area (Å²) in [7, 11) is 0. The first-order valence-corrected chi connectivity index (χ1v) is 10.0. The van der Waals surface area contributed by atoms with Crippen molar-refractivity contribution in [2.45, 2.75) is 17.5 Å². The maximum atomic E-state index is 13.2. The van der Waals surface area contributed by atoms with Crippen molar-refractivity contribution in [3.05, 3.63) is 72.2 Å². The number of aromatic nitrogens is 4. The lowest BCUT2D eigenvalue weighted by Gasteiger charge is -2.07. The third-order valence-corrected chi connectivity index (χ3v) is 5.62. The Morgan fingerprint density at radius 3 is 2.81 bits per heavy atom. The smallest absolute Gasteiger partial charge is 0.236 e.